The number of hydrogen-bond acceptors (Lipinski definition) is 4. The molecular formula is C22H27F5N2OS. The van der Waals surface area contributed by atoms with Crippen molar-refractivity contribution in [3.05, 3.63) is 51.7 Å². The van der Waals surface area contributed by atoms with E-state index >= 15 is 0 Å². The normalized spacial score (nSPS) is 20.7. The number of hydrogen-bond donors (Lipinski definition) is 0. The van der Waals surface area contributed by atoms with E-state index in [1.165, 1.54) is 6.07 Å². The van der Waals surface area contributed by atoms with E-state index in [1.807, 2.05) is 32.9 Å². The van der Waals surface area contributed by atoms with Gasteiger partial charge in [-0.1, -0.05) is 6.07 Å². The fourth-order valence-corrected chi connectivity index (χ4v) is 4.73. The molecule has 0 aromatic carbocycles. The van der Waals surface area contributed by atoms with E-state index in [9.17, 15) is 22.0 Å². The zero-order valence-electron chi connectivity index (χ0n) is 17.8. The summed E-state index contributed by atoms with van der Waals surface area (Å²) in [6.45, 7) is 6.46. The van der Waals surface area contributed by atoms with Crippen LogP contribution < -0.4 is 0 Å². The van der Waals surface area contributed by atoms with Crippen molar-refractivity contribution >= 4 is 11.3 Å². The third-order valence-electron chi connectivity index (χ3n) is 6.20. The number of likely N-dealkylation sites (tertiary alicyclic amines) is 1. The average molecular weight is 463 g/mol. The first-order valence-corrected chi connectivity index (χ1v) is 11.0. The number of alkyl halides is 4. The first-order chi connectivity index (χ1) is 14.4. The number of aromatic nitrogens is 1. The predicted octanol–water partition coefficient (Wildman–Crippen LogP) is 6.03. The molecule has 3 heterocycles. The second-order valence-corrected chi connectivity index (χ2v) is 9.89. The fraction of sp³-hybridized carbons (Fsp3) is 0.591. The Morgan fingerprint density at radius 3 is 2.55 bits per heavy atom. The van der Waals surface area contributed by atoms with Gasteiger partial charge in [0.2, 0.25) is 0 Å². The largest absolute Gasteiger partial charge is 0.416 e. The highest BCUT2D eigenvalue weighted by Crippen LogP contribution is 2.43. The molecule has 3 nitrogen and oxygen atoms in total. The minimum Gasteiger partial charge on any atom is -0.315 e. The molecule has 1 atom stereocenters. The standard InChI is InChI=1S/C22H27F5N2OS/c1-15-4-5-16(12-28-15)20(2,3)29-11-10-21(13-29,14-30-22(26,27)19(24)25)9-8-17-6-7-18(23)31-17/h4-7,12,19H,8-11,13-14H2,1-3H3/t21-/m1/s1. The Kier molecular flexibility index (Phi) is 7.08. The Hall–Kier alpha value is -1.58. The SMILES string of the molecule is Cc1ccc(C(C)(C)N2CC[C@@](CCc3ccc(F)s3)(COC(F)(F)C(F)F)C2)cn1. The van der Waals surface area contributed by atoms with Crippen molar-refractivity contribution < 1.29 is 26.7 Å². The van der Waals surface area contributed by atoms with Gasteiger partial charge in [0.05, 0.1) is 6.61 Å². The molecule has 0 N–H and O–H groups in total. The van der Waals surface area contributed by atoms with E-state index in [-0.39, 0.29) is 5.13 Å². The van der Waals surface area contributed by atoms with Crippen LogP contribution in [0.25, 0.3) is 0 Å². The van der Waals surface area contributed by atoms with Gasteiger partial charge in [0.1, 0.15) is 0 Å². The van der Waals surface area contributed by atoms with Crippen LogP contribution in [0, 0.1) is 17.5 Å². The number of thiophene rings is 1. The molecular weight excluding hydrogens is 435 g/mol. The summed E-state index contributed by atoms with van der Waals surface area (Å²) >= 11 is 1.01. The molecule has 2 aromatic rings. The number of ether oxygens (including phenoxy) is 1. The van der Waals surface area contributed by atoms with E-state index in [0.717, 1.165) is 27.5 Å². The Balaban J connectivity index is 1.78. The van der Waals surface area contributed by atoms with Crippen LogP contribution in [0.2, 0.25) is 0 Å². The number of rotatable bonds is 9. The first-order valence-electron chi connectivity index (χ1n) is 10.2. The maximum Gasteiger partial charge on any atom is 0.416 e. The highest BCUT2D eigenvalue weighted by atomic mass is 32.1. The monoisotopic (exact) mass is 462 g/mol. The molecule has 0 amide bonds. The predicted molar refractivity (Wildman–Crippen MR) is 110 cm³/mol. The molecule has 1 aliphatic rings. The van der Waals surface area contributed by atoms with Crippen LogP contribution in [0.5, 0.6) is 0 Å². The minimum atomic E-state index is -4.49. The number of halogens is 5. The van der Waals surface area contributed by atoms with Gasteiger partial charge < -0.3 is 4.74 Å². The highest BCUT2D eigenvalue weighted by molar-refractivity contribution is 7.10. The summed E-state index contributed by atoms with van der Waals surface area (Å²) in [5, 5.41) is -0.314. The van der Waals surface area contributed by atoms with Crippen molar-refractivity contribution in [2.75, 3.05) is 19.7 Å². The molecule has 1 saturated heterocycles. The van der Waals surface area contributed by atoms with Crippen LogP contribution in [-0.4, -0.2) is 42.1 Å². The Labute approximate surface area is 183 Å². The van der Waals surface area contributed by atoms with Crippen LogP contribution in [0.3, 0.4) is 0 Å². The topological polar surface area (TPSA) is 25.4 Å². The Morgan fingerprint density at radius 1 is 1.23 bits per heavy atom. The lowest BCUT2D eigenvalue weighted by Crippen LogP contribution is -2.43. The van der Waals surface area contributed by atoms with Gasteiger partial charge in [-0.05, 0) is 70.3 Å². The quantitative estimate of drug-likeness (QED) is 0.426. The molecule has 0 saturated carbocycles. The van der Waals surface area contributed by atoms with Crippen molar-refractivity contribution in [1.82, 2.24) is 9.88 Å². The van der Waals surface area contributed by atoms with Crippen molar-refractivity contribution in [2.45, 2.75) is 58.1 Å². The van der Waals surface area contributed by atoms with E-state index in [1.54, 1.807) is 12.3 Å². The van der Waals surface area contributed by atoms with Crippen LogP contribution in [-0.2, 0) is 16.7 Å². The number of aryl methyl sites for hydroxylation is 2. The summed E-state index contributed by atoms with van der Waals surface area (Å²) < 4.78 is 70.2. The molecule has 1 fully saturated rings. The molecule has 31 heavy (non-hydrogen) atoms. The molecule has 9 heteroatoms. The summed E-state index contributed by atoms with van der Waals surface area (Å²) in [5.74, 6) is 0. The van der Waals surface area contributed by atoms with E-state index in [0.29, 0.717) is 32.4 Å². The van der Waals surface area contributed by atoms with Crippen LogP contribution in [0.1, 0.15) is 42.8 Å². The average Bonchev–Trinajstić information content (AvgIpc) is 3.32. The van der Waals surface area contributed by atoms with Crippen LogP contribution in [0.15, 0.2) is 30.5 Å². The first kappa shape index (κ1) is 24.1. The Bertz CT molecular complexity index is 871. The van der Waals surface area contributed by atoms with E-state index in [4.69, 9.17) is 0 Å². The van der Waals surface area contributed by atoms with Crippen molar-refractivity contribution in [2.24, 2.45) is 5.41 Å². The maximum absolute atomic E-state index is 13.5. The molecule has 0 bridgehead atoms. The third kappa shape index (κ3) is 5.62. The summed E-state index contributed by atoms with van der Waals surface area (Å²) in [4.78, 5) is 7.29. The van der Waals surface area contributed by atoms with Gasteiger partial charge in [-0.2, -0.15) is 13.2 Å². The second-order valence-electron chi connectivity index (χ2n) is 8.78. The van der Waals surface area contributed by atoms with Crippen molar-refractivity contribution in [3.8, 4) is 0 Å². The number of pyridine rings is 1. The van der Waals surface area contributed by atoms with Crippen LogP contribution >= 0.6 is 11.3 Å². The van der Waals surface area contributed by atoms with Gasteiger partial charge in [0, 0.05) is 34.3 Å². The van der Waals surface area contributed by atoms with E-state index in [2.05, 4.69) is 14.6 Å². The zero-order chi connectivity index (χ0) is 22.9. The fourth-order valence-electron chi connectivity index (χ4n) is 4.01. The lowest BCUT2D eigenvalue weighted by Gasteiger charge is -2.38. The van der Waals surface area contributed by atoms with Gasteiger partial charge in [0.15, 0.2) is 5.13 Å². The lowest BCUT2D eigenvalue weighted by molar-refractivity contribution is -0.309. The van der Waals surface area contributed by atoms with Crippen LogP contribution in [0.4, 0.5) is 22.0 Å². The Morgan fingerprint density at radius 2 is 1.97 bits per heavy atom. The molecule has 0 aliphatic carbocycles. The maximum atomic E-state index is 13.5. The van der Waals surface area contributed by atoms with Gasteiger partial charge in [-0.15, -0.1) is 11.3 Å². The molecule has 2 aromatic heterocycles. The summed E-state index contributed by atoms with van der Waals surface area (Å²) in [6.07, 6.45) is -5.16. The summed E-state index contributed by atoms with van der Waals surface area (Å²) in [6, 6.07) is 6.93. The lowest BCUT2D eigenvalue weighted by atomic mass is 9.82. The molecule has 0 radical (unpaired) electrons. The summed E-state index contributed by atoms with van der Waals surface area (Å²) in [5.41, 5.74) is 0.700. The smallest absolute Gasteiger partial charge is 0.315 e. The molecule has 3 rings (SSSR count). The van der Waals surface area contributed by atoms with Crippen molar-refractivity contribution in [3.63, 3.8) is 0 Å². The zero-order valence-corrected chi connectivity index (χ0v) is 18.6. The molecule has 1 aliphatic heterocycles. The van der Waals surface area contributed by atoms with E-state index < -0.39 is 30.1 Å². The van der Waals surface area contributed by atoms with Gasteiger partial charge >= 0.3 is 12.5 Å². The molecule has 0 spiro atoms. The van der Waals surface area contributed by atoms with Gasteiger partial charge in [0.25, 0.3) is 0 Å². The number of nitrogens with zero attached hydrogens (tertiary/aromatic N) is 2. The van der Waals surface area contributed by atoms with Gasteiger partial charge in [-0.3, -0.25) is 9.88 Å². The summed E-state index contributed by atoms with van der Waals surface area (Å²) in [7, 11) is 0. The molecule has 172 valence electrons. The second kappa shape index (κ2) is 9.11. The highest BCUT2D eigenvalue weighted by Gasteiger charge is 2.48. The van der Waals surface area contributed by atoms with Crippen molar-refractivity contribution in [1.29, 1.82) is 0 Å². The molecule has 0 unspecified atom stereocenters. The minimum absolute atomic E-state index is 0.314. The van der Waals surface area contributed by atoms with Gasteiger partial charge in [-0.25, -0.2) is 8.78 Å². The third-order valence-corrected chi connectivity index (χ3v) is 7.14.